The topological polar surface area (TPSA) is 42.9 Å². The van der Waals surface area contributed by atoms with Crippen molar-refractivity contribution in [1.29, 1.82) is 0 Å². The molecule has 1 unspecified atom stereocenters. The van der Waals surface area contributed by atoms with Gasteiger partial charge < -0.3 is 0 Å². The largest absolute Gasteiger partial charge is 0.294 e. The Morgan fingerprint density at radius 3 is 2.94 bits per heavy atom. The summed E-state index contributed by atoms with van der Waals surface area (Å²) in [7, 11) is 0. The number of fused-ring (bicyclic) bond motifs is 1. The summed E-state index contributed by atoms with van der Waals surface area (Å²) >= 11 is 1.94. The molecule has 0 radical (unpaired) electrons. The van der Waals surface area contributed by atoms with E-state index in [9.17, 15) is 4.79 Å². The molecule has 3 nitrogen and oxygen atoms in total. The molecule has 1 aliphatic carbocycles. The van der Waals surface area contributed by atoms with E-state index in [-0.39, 0.29) is 11.2 Å². The molecule has 1 saturated heterocycles. The summed E-state index contributed by atoms with van der Waals surface area (Å²) in [6.45, 7) is 4.28. The lowest BCUT2D eigenvalue weighted by Gasteiger charge is -2.29. The van der Waals surface area contributed by atoms with Gasteiger partial charge in [0, 0.05) is 12.6 Å². The first-order valence-corrected chi connectivity index (χ1v) is 7.61. The summed E-state index contributed by atoms with van der Waals surface area (Å²) in [5, 5.41) is 0.440. The minimum absolute atomic E-state index is 0.0402. The predicted molar refractivity (Wildman–Crippen MR) is 72.9 cm³/mol. The van der Waals surface area contributed by atoms with E-state index in [0.29, 0.717) is 11.7 Å². The van der Waals surface area contributed by atoms with Gasteiger partial charge >= 0.3 is 0 Å². The van der Waals surface area contributed by atoms with E-state index in [2.05, 4.69) is 23.8 Å². The fourth-order valence-corrected chi connectivity index (χ4v) is 4.00. The van der Waals surface area contributed by atoms with Crippen LogP contribution in [0.2, 0.25) is 0 Å². The van der Waals surface area contributed by atoms with Crippen molar-refractivity contribution in [2.45, 2.75) is 44.8 Å². The molecule has 1 aromatic heterocycles. The van der Waals surface area contributed by atoms with Crippen molar-refractivity contribution in [3.05, 3.63) is 23.3 Å². The number of rotatable bonds is 1. The van der Waals surface area contributed by atoms with Crippen LogP contribution in [0, 0.1) is 5.41 Å². The smallest absolute Gasteiger partial charge is 0.166 e. The monoisotopic (exact) mass is 262 g/mol. The maximum atomic E-state index is 12.0. The number of hydrogen-bond acceptors (Lipinski definition) is 4. The van der Waals surface area contributed by atoms with Crippen molar-refractivity contribution in [3.63, 3.8) is 0 Å². The lowest BCUT2D eigenvalue weighted by atomic mass is 9.76. The summed E-state index contributed by atoms with van der Waals surface area (Å²) in [4.78, 5) is 21.2. The second kappa shape index (κ2) is 4.34. The number of ketones is 1. The minimum atomic E-state index is 0.0402. The van der Waals surface area contributed by atoms with Gasteiger partial charge in [-0.25, -0.2) is 9.97 Å². The average Bonchev–Trinajstić information content (AvgIpc) is 2.79. The van der Waals surface area contributed by atoms with Gasteiger partial charge in [-0.1, -0.05) is 13.8 Å². The molecule has 1 aromatic rings. The standard InChI is InChI=1S/C14H18N2OS/c1-14(2)6-10-9(11(17)7-14)8-15-13(16-10)12-4-3-5-18-12/h8,12H,3-7H2,1-2H3. The van der Waals surface area contributed by atoms with Gasteiger partial charge in [-0.15, -0.1) is 0 Å². The fourth-order valence-electron chi connectivity index (χ4n) is 2.78. The molecule has 18 heavy (non-hydrogen) atoms. The molecule has 0 aromatic carbocycles. The van der Waals surface area contributed by atoms with Crippen LogP contribution in [0.15, 0.2) is 6.20 Å². The molecule has 4 heteroatoms. The van der Waals surface area contributed by atoms with E-state index < -0.39 is 0 Å². The third kappa shape index (κ3) is 2.18. The first kappa shape index (κ1) is 12.2. The van der Waals surface area contributed by atoms with Crippen LogP contribution < -0.4 is 0 Å². The zero-order chi connectivity index (χ0) is 12.8. The van der Waals surface area contributed by atoms with Crippen LogP contribution >= 0.6 is 11.8 Å². The number of aromatic nitrogens is 2. The Hall–Kier alpha value is -0.900. The van der Waals surface area contributed by atoms with E-state index in [4.69, 9.17) is 0 Å². The molecule has 0 N–H and O–H groups in total. The van der Waals surface area contributed by atoms with E-state index >= 15 is 0 Å². The molecule has 3 rings (SSSR count). The maximum absolute atomic E-state index is 12.0. The Kier molecular flexibility index (Phi) is 2.93. The number of carbonyl (C=O) groups excluding carboxylic acids is 1. The Labute approximate surface area is 112 Å². The van der Waals surface area contributed by atoms with Gasteiger partial charge in [-0.3, -0.25) is 4.79 Å². The van der Waals surface area contributed by atoms with Gasteiger partial charge in [-0.2, -0.15) is 11.8 Å². The average molecular weight is 262 g/mol. The molecule has 1 aliphatic heterocycles. The van der Waals surface area contributed by atoms with Crippen LogP contribution in [0.5, 0.6) is 0 Å². The van der Waals surface area contributed by atoms with Gasteiger partial charge in [-0.05, 0) is 30.4 Å². The molecular weight excluding hydrogens is 244 g/mol. The highest BCUT2D eigenvalue weighted by molar-refractivity contribution is 7.99. The molecule has 1 fully saturated rings. The number of nitrogens with zero attached hydrogens (tertiary/aromatic N) is 2. The molecule has 2 heterocycles. The molecule has 2 aliphatic rings. The van der Waals surface area contributed by atoms with E-state index in [1.165, 1.54) is 18.6 Å². The molecule has 0 spiro atoms. The van der Waals surface area contributed by atoms with Gasteiger partial charge in [0.05, 0.1) is 16.5 Å². The fraction of sp³-hybridized carbons (Fsp3) is 0.643. The van der Waals surface area contributed by atoms with Crippen LogP contribution in [0.4, 0.5) is 0 Å². The van der Waals surface area contributed by atoms with Crippen molar-refractivity contribution in [2.75, 3.05) is 5.75 Å². The van der Waals surface area contributed by atoms with Crippen LogP contribution in [-0.4, -0.2) is 21.5 Å². The Morgan fingerprint density at radius 2 is 2.22 bits per heavy atom. The lowest BCUT2D eigenvalue weighted by Crippen LogP contribution is -2.28. The second-order valence-electron chi connectivity index (χ2n) is 6.03. The quantitative estimate of drug-likeness (QED) is 0.779. The maximum Gasteiger partial charge on any atom is 0.166 e. The molecule has 96 valence electrons. The third-order valence-electron chi connectivity index (χ3n) is 3.69. The molecule has 0 bridgehead atoms. The summed E-state index contributed by atoms with van der Waals surface area (Å²) in [5.74, 6) is 2.34. The first-order chi connectivity index (χ1) is 8.55. The van der Waals surface area contributed by atoms with Crippen LogP contribution in [0.25, 0.3) is 0 Å². The third-order valence-corrected chi connectivity index (χ3v) is 5.06. The highest BCUT2D eigenvalue weighted by atomic mass is 32.2. The molecule has 1 atom stereocenters. The molecule has 0 amide bonds. The number of thioether (sulfide) groups is 1. The predicted octanol–water partition coefficient (Wildman–Crippen LogP) is 3.20. The minimum Gasteiger partial charge on any atom is -0.294 e. The molecular formula is C14H18N2OS. The summed E-state index contributed by atoms with van der Waals surface area (Å²) in [6.07, 6.45) is 5.68. The SMILES string of the molecule is CC1(C)CC(=O)c2cnc(C3CCCS3)nc2C1. The first-order valence-electron chi connectivity index (χ1n) is 6.56. The van der Waals surface area contributed by atoms with Crippen molar-refractivity contribution in [1.82, 2.24) is 9.97 Å². The normalized spacial score (nSPS) is 26.1. The zero-order valence-electron chi connectivity index (χ0n) is 10.9. The van der Waals surface area contributed by atoms with Gasteiger partial charge in [0.25, 0.3) is 0 Å². The highest BCUT2D eigenvalue weighted by Crippen LogP contribution is 2.39. The summed E-state index contributed by atoms with van der Waals surface area (Å²) in [5.41, 5.74) is 1.76. The van der Waals surface area contributed by atoms with E-state index in [0.717, 1.165) is 23.5 Å². The van der Waals surface area contributed by atoms with Gasteiger partial charge in [0.2, 0.25) is 0 Å². The Morgan fingerprint density at radius 1 is 1.39 bits per heavy atom. The van der Waals surface area contributed by atoms with Crippen LogP contribution in [0.3, 0.4) is 0 Å². The van der Waals surface area contributed by atoms with Crippen molar-refractivity contribution in [3.8, 4) is 0 Å². The Bertz CT molecular complexity index is 493. The number of Topliss-reactive ketones (excluding diaryl/α,β-unsaturated/α-hetero) is 1. The van der Waals surface area contributed by atoms with Crippen molar-refractivity contribution >= 4 is 17.5 Å². The van der Waals surface area contributed by atoms with E-state index in [1.54, 1.807) is 6.20 Å². The lowest BCUT2D eigenvalue weighted by molar-refractivity contribution is 0.0909. The van der Waals surface area contributed by atoms with Crippen molar-refractivity contribution < 1.29 is 4.79 Å². The second-order valence-corrected chi connectivity index (χ2v) is 7.34. The number of hydrogen-bond donors (Lipinski definition) is 0. The van der Waals surface area contributed by atoms with Gasteiger partial charge in [0.1, 0.15) is 5.82 Å². The van der Waals surface area contributed by atoms with Gasteiger partial charge in [0.15, 0.2) is 5.78 Å². The highest BCUT2D eigenvalue weighted by Gasteiger charge is 2.33. The number of carbonyl (C=O) groups is 1. The van der Waals surface area contributed by atoms with Crippen LogP contribution in [-0.2, 0) is 6.42 Å². The van der Waals surface area contributed by atoms with E-state index in [1.807, 2.05) is 11.8 Å². The van der Waals surface area contributed by atoms with Crippen LogP contribution in [0.1, 0.15) is 60.2 Å². The summed E-state index contributed by atoms with van der Waals surface area (Å²) < 4.78 is 0. The summed E-state index contributed by atoms with van der Waals surface area (Å²) in [6, 6.07) is 0. The zero-order valence-corrected chi connectivity index (χ0v) is 11.7. The van der Waals surface area contributed by atoms with Crippen molar-refractivity contribution in [2.24, 2.45) is 5.41 Å². The Balaban J connectivity index is 1.96. The molecule has 0 saturated carbocycles.